The van der Waals surface area contributed by atoms with E-state index in [2.05, 4.69) is 39.5 Å². The molecular weight excluding hydrogens is 458 g/mol. The monoisotopic (exact) mass is 485 g/mol. The van der Waals surface area contributed by atoms with Gasteiger partial charge in [0, 0.05) is 52.4 Å². The minimum absolute atomic E-state index is 0.125. The normalized spacial score (nSPS) is 23.3. The van der Waals surface area contributed by atoms with Crippen molar-refractivity contribution in [1.82, 2.24) is 25.5 Å². The molecule has 2 amide bonds. The molecule has 33 heavy (non-hydrogen) atoms. The summed E-state index contributed by atoms with van der Waals surface area (Å²) in [6, 6.07) is 7.05. The number of aromatic nitrogens is 2. The topological polar surface area (TPSA) is 90.1 Å². The highest BCUT2D eigenvalue weighted by atomic mass is 35.5. The Labute approximate surface area is 201 Å². The second-order valence-corrected chi connectivity index (χ2v) is 10.9. The lowest BCUT2D eigenvalue weighted by atomic mass is 9.83. The van der Waals surface area contributed by atoms with Gasteiger partial charge in [-0.25, -0.2) is 4.98 Å². The Morgan fingerprint density at radius 3 is 2.85 bits per heavy atom. The van der Waals surface area contributed by atoms with E-state index >= 15 is 0 Å². The van der Waals surface area contributed by atoms with Gasteiger partial charge in [0.2, 0.25) is 0 Å². The third-order valence-electron chi connectivity index (χ3n) is 6.69. The van der Waals surface area contributed by atoms with E-state index in [-0.39, 0.29) is 23.9 Å². The number of halogens is 1. The highest BCUT2D eigenvalue weighted by Gasteiger charge is 2.32. The fourth-order valence-corrected chi connectivity index (χ4v) is 6.11. The predicted octanol–water partition coefficient (Wildman–Crippen LogP) is 3.98. The van der Waals surface area contributed by atoms with Gasteiger partial charge in [-0.05, 0) is 56.5 Å². The first-order valence-corrected chi connectivity index (χ1v) is 12.6. The molecule has 0 saturated heterocycles. The molecule has 7 nitrogen and oxygen atoms in total. The van der Waals surface area contributed by atoms with Crippen LogP contribution >= 0.6 is 22.9 Å². The van der Waals surface area contributed by atoms with Crippen molar-refractivity contribution in [1.29, 1.82) is 0 Å². The van der Waals surface area contributed by atoms with Crippen molar-refractivity contribution in [2.75, 3.05) is 13.6 Å². The van der Waals surface area contributed by atoms with E-state index in [9.17, 15) is 9.59 Å². The molecule has 1 saturated carbocycles. The minimum Gasteiger partial charge on any atom is -0.351 e. The molecule has 1 fully saturated rings. The zero-order valence-electron chi connectivity index (χ0n) is 18.8. The molecule has 3 aromatic rings. The lowest BCUT2D eigenvalue weighted by Crippen LogP contribution is -2.54. The highest BCUT2D eigenvalue weighted by molar-refractivity contribution is 7.13. The number of likely N-dealkylation sites (N-methyl/N-ethyl adjacent to an activating group) is 1. The summed E-state index contributed by atoms with van der Waals surface area (Å²) < 4.78 is 0. The molecule has 3 N–H and O–H groups in total. The van der Waals surface area contributed by atoms with Crippen LogP contribution in [0.25, 0.3) is 10.9 Å². The van der Waals surface area contributed by atoms with Crippen LogP contribution in [-0.2, 0) is 13.0 Å². The molecule has 174 valence electrons. The second-order valence-electron chi connectivity index (χ2n) is 9.37. The maximum absolute atomic E-state index is 13.0. The van der Waals surface area contributed by atoms with Crippen molar-refractivity contribution in [3.8, 4) is 0 Å². The minimum atomic E-state index is -0.173. The standard InChI is InChI=1S/C24H28ClN5O2S/c1-13-3-5-17(27-23(32)24-29-18-7-8-30(2)12-21(18)33-24)19(9-13)28-22(31)20-11-14-10-15(25)4-6-16(14)26-20/h4,6,10-11,13,17,19,26H,3,5,7-9,12H2,1-2H3,(H,27,32)(H,28,31)/t13-,17+,19-/m0/s1. The number of H-pyrrole nitrogens is 1. The Kier molecular flexibility index (Phi) is 6.16. The van der Waals surface area contributed by atoms with E-state index < -0.39 is 0 Å². The average molecular weight is 486 g/mol. The third-order valence-corrected chi connectivity index (χ3v) is 8.01. The summed E-state index contributed by atoms with van der Waals surface area (Å²) in [5.41, 5.74) is 2.40. The number of aromatic amines is 1. The van der Waals surface area contributed by atoms with E-state index in [1.54, 1.807) is 6.07 Å². The zero-order valence-corrected chi connectivity index (χ0v) is 20.4. The molecule has 1 aliphatic carbocycles. The molecule has 0 unspecified atom stereocenters. The first-order valence-electron chi connectivity index (χ1n) is 11.4. The number of carbonyl (C=O) groups is 2. The van der Waals surface area contributed by atoms with E-state index in [4.69, 9.17) is 11.6 Å². The Morgan fingerprint density at radius 1 is 1.18 bits per heavy atom. The van der Waals surface area contributed by atoms with E-state index in [1.807, 2.05) is 18.2 Å². The molecule has 2 aromatic heterocycles. The number of hydrogen-bond acceptors (Lipinski definition) is 5. The molecule has 5 rings (SSSR count). The van der Waals surface area contributed by atoms with Crippen LogP contribution in [0.15, 0.2) is 24.3 Å². The fraction of sp³-hybridized carbons (Fsp3) is 0.458. The van der Waals surface area contributed by atoms with Gasteiger partial charge in [0.15, 0.2) is 5.01 Å². The van der Waals surface area contributed by atoms with Crippen LogP contribution in [0.1, 0.15) is 57.0 Å². The number of fused-ring (bicyclic) bond motifs is 2. The molecule has 0 radical (unpaired) electrons. The van der Waals surface area contributed by atoms with Crippen molar-refractivity contribution in [3.05, 3.63) is 50.6 Å². The quantitative estimate of drug-likeness (QED) is 0.521. The number of hydrogen-bond donors (Lipinski definition) is 3. The van der Waals surface area contributed by atoms with Gasteiger partial charge >= 0.3 is 0 Å². The lowest BCUT2D eigenvalue weighted by Gasteiger charge is -2.35. The summed E-state index contributed by atoms with van der Waals surface area (Å²) in [7, 11) is 2.08. The molecular formula is C24H28ClN5O2S. The number of nitrogens with zero attached hydrogens (tertiary/aromatic N) is 2. The first kappa shape index (κ1) is 22.4. The third kappa shape index (κ3) is 4.78. The number of benzene rings is 1. The van der Waals surface area contributed by atoms with Crippen molar-refractivity contribution >= 4 is 45.7 Å². The number of amides is 2. The van der Waals surface area contributed by atoms with Gasteiger partial charge in [0.1, 0.15) is 5.69 Å². The molecule has 9 heteroatoms. The molecule has 1 aliphatic heterocycles. The van der Waals surface area contributed by atoms with Crippen molar-refractivity contribution in [2.24, 2.45) is 5.92 Å². The van der Waals surface area contributed by atoms with Crippen LogP contribution in [0.2, 0.25) is 5.02 Å². The first-order chi connectivity index (χ1) is 15.9. The van der Waals surface area contributed by atoms with Gasteiger partial charge in [-0.2, -0.15) is 0 Å². The molecule has 0 spiro atoms. The summed E-state index contributed by atoms with van der Waals surface area (Å²) in [5.74, 6) is 0.164. The molecule has 3 heterocycles. The zero-order chi connectivity index (χ0) is 23.1. The number of nitrogens with one attached hydrogen (secondary N) is 3. The van der Waals surface area contributed by atoms with Gasteiger partial charge < -0.3 is 20.5 Å². The Hall–Kier alpha value is -2.42. The van der Waals surface area contributed by atoms with Crippen LogP contribution in [-0.4, -0.2) is 52.4 Å². The number of carbonyl (C=O) groups excluding carboxylic acids is 2. The predicted molar refractivity (Wildman–Crippen MR) is 131 cm³/mol. The SMILES string of the molecule is C[C@H]1CC[C@@H](NC(=O)c2nc3c(s2)CN(C)CC3)[C@@H](NC(=O)c2cc3cc(Cl)ccc3[nH]2)C1. The Morgan fingerprint density at radius 2 is 2.00 bits per heavy atom. The molecule has 0 bridgehead atoms. The van der Waals surface area contributed by atoms with Crippen LogP contribution in [0.5, 0.6) is 0 Å². The molecule has 1 aromatic carbocycles. The fourth-order valence-electron chi connectivity index (χ4n) is 4.84. The lowest BCUT2D eigenvalue weighted by molar-refractivity contribution is 0.0845. The largest absolute Gasteiger partial charge is 0.351 e. The number of rotatable bonds is 4. The summed E-state index contributed by atoms with van der Waals surface area (Å²) in [5, 5.41) is 8.38. The van der Waals surface area contributed by atoms with Crippen LogP contribution in [0.3, 0.4) is 0 Å². The van der Waals surface area contributed by atoms with Crippen LogP contribution < -0.4 is 10.6 Å². The van der Waals surface area contributed by atoms with Gasteiger partial charge in [-0.1, -0.05) is 18.5 Å². The van der Waals surface area contributed by atoms with Gasteiger partial charge in [0.25, 0.3) is 11.8 Å². The van der Waals surface area contributed by atoms with Gasteiger partial charge in [-0.15, -0.1) is 11.3 Å². The second kappa shape index (κ2) is 9.08. The number of thiazole rings is 1. The van der Waals surface area contributed by atoms with E-state index in [1.165, 1.54) is 16.2 Å². The molecule has 3 atom stereocenters. The van der Waals surface area contributed by atoms with Crippen molar-refractivity contribution in [3.63, 3.8) is 0 Å². The maximum atomic E-state index is 13.0. The highest BCUT2D eigenvalue weighted by Crippen LogP contribution is 2.28. The van der Waals surface area contributed by atoms with Crippen LogP contribution in [0.4, 0.5) is 0 Å². The summed E-state index contributed by atoms with van der Waals surface area (Å²) in [6.07, 6.45) is 3.54. The summed E-state index contributed by atoms with van der Waals surface area (Å²) in [4.78, 5) is 37.3. The molecule has 2 aliphatic rings. The van der Waals surface area contributed by atoms with Crippen molar-refractivity contribution < 1.29 is 9.59 Å². The summed E-state index contributed by atoms with van der Waals surface area (Å²) >= 11 is 7.56. The smallest absolute Gasteiger partial charge is 0.280 e. The van der Waals surface area contributed by atoms with Gasteiger partial charge in [-0.3, -0.25) is 9.59 Å². The van der Waals surface area contributed by atoms with Crippen molar-refractivity contribution in [2.45, 2.75) is 51.2 Å². The van der Waals surface area contributed by atoms with E-state index in [0.29, 0.717) is 21.6 Å². The van der Waals surface area contributed by atoms with E-state index in [0.717, 1.165) is 55.4 Å². The summed E-state index contributed by atoms with van der Waals surface area (Å²) in [6.45, 7) is 4.00. The Bertz CT molecular complexity index is 1200. The average Bonchev–Trinajstić information content (AvgIpc) is 3.39. The van der Waals surface area contributed by atoms with Crippen LogP contribution in [0, 0.1) is 5.92 Å². The maximum Gasteiger partial charge on any atom is 0.280 e. The van der Waals surface area contributed by atoms with Gasteiger partial charge in [0.05, 0.1) is 5.69 Å². The Balaban J connectivity index is 1.29.